The fourth-order valence-electron chi connectivity index (χ4n) is 3.25. The van der Waals surface area contributed by atoms with Crippen molar-refractivity contribution >= 4 is 29.5 Å². The highest BCUT2D eigenvalue weighted by atomic mass is 19.1. The fraction of sp³-hybridized carbons (Fsp3) is 0.474. The lowest BCUT2D eigenvalue weighted by Gasteiger charge is -2.25. The van der Waals surface area contributed by atoms with Gasteiger partial charge in [0.1, 0.15) is 29.4 Å². The Bertz CT molecular complexity index is 789. The van der Waals surface area contributed by atoms with E-state index in [1.165, 1.54) is 0 Å². The number of halogens is 2. The Hall–Kier alpha value is -3.04. The van der Waals surface area contributed by atoms with Gasteiger partial charge in [0.15, 0.2) is 6.61 Å². The van der Waals surface area contributed by atoms with Crippen molar-refractivity contribution in [3.05, 3.63) is 29.8 Å². The van der Waals surface area contributed by atoms with Crippen molar-refractivity contribution in [2.24, 2.45) is 0 Å². The molecule has 0 atom stereocenters. The van der Waals surface area contributed by atoms with Crippen molar-refractivity contribution in [2.75, 3.05) is 18.5 Å². The Kier molecular flexibility index (Phi) is 7.24. The Morgan fingerprint density at radius 1 is 1.14 bits per heavy atom. The molecule has 1 saturated heterocycles. The minimum absolute atomic E-state index is 0.438. The number of carbonyl (C=O) groups is 4. The summed E-state index contributed by atoms with van der Waals surface area (Å²) >= 11 is 0. The van der Waals surface area contributed by atoms with Gasteiger partial charge in [-0.25, -0.2) is 13.6 Å². The van der Waals surface area contributed by atoms with Gasteiger partial charge in [0.05, 0.1) is 0 Å². The molecule has 1 aliphatic heterocycles. The number of carbonyl (C=O) groups excluding carboxylic acids is 4. The molecule has 0 aromatic heterocycles. The second-order valence-electron chi connectivity index (χ2n) is 6.71. The van der Waals surface area contributed by atoms with Crippen LogP contribution in [0, 0.1) is 11.6 Å². The van der Waals surface area contributed by atoms with E-state index in [9.17, 15) is 28.0 Å². The van der Waals surface area contributed by atoms with Crippen molar-refractivity contribution in [3.8, 4) is 0 Å². The van der Waals surface area contributed by atoms with Crippen LogP contribution in [0.25, 0.3) is 0 Å². The molecule has 0 spiro atoms. The number of hydrogen-bond donors (Lipinski definition) is 2. The van der Waals surface area contributed by atoms with Gasteiger partial charge in [-0.1, -0.05) is 32.8 Å². The third kappa shape index (κ3) is 5.07. The maximum atomic E-state index is 13.5. The lowest BCUT2D eigenvalue weighted by molar-refractivity contribution is -0.150. The number of nitrogens with zero attached hydrogens (tertiary/aromatic N) is 1. The van der Waals surface area contributed by atoms with Crippen LogP contribution < -0.4 is 10.6 Å². The molecule has 29 heavy (non-hydrogen) atoms. The van der Waals surface area contributed by atoms with E-state index in [1.54, 1.807) is 0 Å². The van der Waals surface area contributed by atoms with Gasteiger partial charge in [0.2, 0.25) is 0 Å². The smallest absolute Gasteiger partial charge is 0.326 e. The number of hydrogen-bond acceptors (Lipinski definition) is 5. The molecule has 4 amide bonds. The first-order valence-electron chi connectivity index (χ1n) is 9.27. The standard InChI is InChI=1S/C19H23F2N3O5/c1-3-8-19(9-4-2)17(27)24(18(28)23-19)10-15(26)29-11-14(25)22-16-12(20)6-5-7-13(16)21/h5-7H,3-4,8-11H2,1-2H3,(H,22,25)(H,23,28). The summed E-state index contributed by atoms with van der Waals surface area (Å²) in [6.45, 7) is 2.27. The van der Waals surface area contributed by atoms with Crippen LogP contribution in [-0.2, 0) is 19.1 Å². The molecule has 2 rings (SSSR count). The molecule has 1 aromatic rings. The minimum Gasteiger partial charge on any atom is -0.454 e. The van der Waals surface area contributed by atoms with Gasteiger partial charge < -0.3 is 15.4 Å². The first-order valence-corrected chi connectivity index (χ1v) is 9.27. The SMILES string of the molecule is CCCC1(CCC)NC(=O)N(CC(=O)OCC(=O)Nc2c(F)cccc2F)C1=O. The average Bonchev–Trinajstić information content (AvgIpc) is 2.88. The highest BCUT2D eigenvalue weighted by Crippen LogP contribution is 2.28. The van der Waals surface area contributed by atoms with Gasteiger partial charge in [0.25, 0.3) is 11.8 Å². The fourth-order valence-corrected chi connectivity index (χ4v) is 3.25. The number of benzene rings is 1. The minimum atomic E-state index is -1.04. The summed E-state index contributed by atoms with van der Waals surface area (Å²) < 4.78 is 31.8. The second-order valence-corrected chi connectivity index (χ2v) is 6.71. The van der Waals surface area contributed by atoms with Crippen molar-refractivity contribution < 1.29 is 32.7 Å². The summed E-state index contributed by atoms with van der Waals surface area (Å²) in [6, 6.07) is 2.35. The average molecular weight is 411 g/mol. The topological polar surface area (TPSA) is 105 Å². The first-order chi connectivity index (χ1) is 13.7. The lowest BCUT2D eigenvalue weighted by Crippen LogP contribution is -2.47. The van der Waals surface area contributed by atoms with Crippen molar-refractivity contribution in [2.45, 2.75) is 45.1 Å². The molecule has 1 heterocycles. The van der Waals surface area contributed by atoms with Gasteiger partial charge in [-0.2, -0.15) is 0 Å². The van der Waals surface area contributed by atoms with Crippen molar-refractivity contribution in [3.63, 3.8) is 0 Å². The molecule has 2 N–H and O–H groups in total. The van der Waals surface area contributed by atoms with E-state index < -0.39 is 59.8 Å². The summed E-state index contributed by atoms with van der Waals surface area (Å²) in [5, 5.41) is 4.62. The molecule has 1 aromatic carbocycles. The molecule has 1 fully saturated rings. The Balaban J connectivity index is 1.92. The van der Waals surface area contributed by atoms with Gasteiger partial charge in [-0.15, -0.1) is 0 Å². The molecule has 8 nitrogen and oxygen atoms in total. The maximum Gasteiger partial charge on any atom is 0.326 e. The van der Waals surface area contributed by atoms with E-state index in [4.69, 9.17) is 4.74 Å². The first kappa shape index (κ1) is 22.3. The molecule has 0 aliphatic carbocycles. The summed E-state index contributed by atoms with van der Waals surface area (Å²) in [7, 11) is 0. The zero-order valence-electron chi connectivity index (χ0n) is 16.2. The lowest BCUT2D eigenvalue weighted by atomic mass is 9.88. The zero-order valence-corrected chi connectivity index (χ0v) is 16.2. The molecule has 0 unspecified atom stereocenters. The third-order valence-corrected chi connectivity index (χ3v) is 4.48. The van der Waals surface area contributed by atoms with Crippen molar-refractivity contribution in [1.82, 2.24) is 10.2 Å². The van der Waals surface area contributed by atoms with Crippen molar-refractivity contribution in [1.29, 1.82) is 0 Å². The molecule has 1 aliphatic rings. The molecule has 0 saturated carbocycles. The predicted molar refractivity (Wildman–Crippen MR) is 98.7 cm³/mol. The molecule has 10 heteroatoms. The number of imide groups is 1. The number of ether oxygens (including phenoxy) is 1. The van der Waals surface area contributed by atoms with Crippen LogP contribution in [0.1, 0.15) is 39.5 Å². The second kappa shape index (κ2) is 9.44. The number of anilines is 1. The predicted octanol–water partition coefficient (Wildman–Crippen LogP) is 2.34. The van der Waals surface area contributed by atoms with E-state index in [2.05, 4.69) is 5.32 Å². The molecular weight excluding hydrogens is 388 g/mol. The number of rotatable bonds is 9. The number of para-hydroxylation sites is 1. The largest absolute Gasteiger partial charge is 0.454 e. The van der Waals surface area contributed by atoms with Crippen LogP contribution in [0.3, 0.4) is 0 Å². The van der Waals surface area contributed by atoms with Crippen LogP contribution in [0.15, 0.2) is 18.2 Å². The van der Waals surface area contributed by atoms with Crippen LogP contribution in [-0.4, -0.2) is 47.4 Å². The summed E-state index contributed by atoms with van der Waals surface area (Å²) in [5.41, 5.74) is -1.70. The van der Waals surface area contributed by atoms with E-state index in [1.807, 2.05) is 19.2 Å². The number of amides is 4. The number of urea groups is 1. The summed E-state index contributed by atoms with van der Waals surface area (Å²) in [4.78, 5) is 49.4. The molecule has 0 radical (unpaired) electrons. The van der Waals surface area contributed by atoms with E-state index in [-0.39, 0.29) is 0 Å². The zero-order chi connectivity index (χ0) is 21.6. The van der Waals surface area contributed by atoms with Crippen LogP contribution in [0.2, 0.25) is 0 Å². The van der Waals surface area contributed by atoms with E-state index in [0.29, 0.717) is 25.7 Å². The van der Waals surface area contributed by atoms with Crippen LogP contribution >= 0.6 is 0 Å². The highest BCUT2D eigenvalue weighted by Gasteiger charge is 2.50. The van der Waals surface area contributed by atoms with Gasteiger partial charge in [-0.3, -0.25) is 19.3 Å². The monoisotopic (exact) mass is 411 g/mol. The maximum absolute atomic E-state index is 13.5. The number of esters is 1. The summed E-state index contributed by atoms with van der Waals surface area (Å²) in [5.74, 6) is -4.44. The van der Waals surface area contributed by atoms with Crippen LogP contribution in [0.5, 0.6) is 0 Å². The normalized spacial score (nSPS) is 15.2. The summed E-state index contributed by atoms with van der Waals surface area (Å²) in [6.07, 6.45) is 2.20. The van der Waals surface area contributed by atoms with Gasteiger partial charge >= 0.3 is 12.0 Å². The Labute approximate surface area is 166 Å². The quantitative estimate of drug-likeness (QED) is 0.479. The van der Waals surface area contributed by atoms with E-state index >= 15 is 0 Å². The number of nitrogens with one attached hydrogen (secondary N) is 2. The van der Waals surface area contributed by atoms with Gasteiger partial charge in [0, 0.05) is 0 Å². The molecule has 158 valence electrons. The van der Waals surface area contributed by atoms with Gasteiger partial charge in [-0.05, 0) is 25.0 Å². The highest BCUT2D eigenvalue weighted by molar-refractivity contribution is 6.08. The Morgan fingerprint density at radius 2 is 1.72 bits per heavy atom. The molecular formula is C19H23F2N3O5. The third-order valence-electron chi connectivity index (χ3n) is 4.48. The molecule has 0 bridgehead atoms. The van der Waals surface area contributed by atoms with E-state index in [0.717, 1.165) is 23.1 Å². The van der Waals surface area contributed by atoms with Crippen LogP contribution in [0.4, 0.5) is 19.3 Å². The Morgan fingerprint density at radius 3 is 2.28 bits per heavy atom.